The van der Waals surface area contributed by atoms with Gasteiger partial charge in [0.1, 0.15) is 0 Å². The minimum atomic E-state index is -0.342. The molecule has 2 aliphatic carbocycles. The summed E-state index contributed by atoms with van der Waals surface area (Å²) in [5.41, 5.74) is 0. The van der Waals surface area contributed by atoms with Crippen molar-refractivity contribution in [2.24, 2.45) is 5.92 Å². The fourth-order valence-corrected chi connectivity index (χ4v) is 3.58. The van der Waals surface area contributed by atoms with Gasteiger partial charge in [0.2, 0.25) is 11.8 Å². The predicted molar refractivity (Wildman–Crippen MR) is 79.9 cm³/mol. The molecule has 1 aromatic rings. The van der Waals surface area contributed by atoms with Crippen LogP contribution in [0.4, 0.5) is 0 Å². The second kappa shape index (κ2) is 7.22. The van der Waals surface area contributed by atoms with Gasteiger partial charge in [0.25, 0.3) is 0 Å². The summed E-state index contributed by atoms with van der Waals surface area (Å²) >= 11 is 0. The lowest BCUT2D eigenvalue weighted by molar-refractivity contribution is -0.127. The first-order valence-electron chi connectivity index (χ1n) is 8.50. The number of aliphatic hydroxyl groups is 1. The number of amides is 1. The molecule has 2 N–H and O–H groups in total. The van der Waals surface area contributed by atoms with Crippen molar-refractivity contribution < 1.29 is 14.4 Å². The van der Waals surface area contributed by atoms with Crippen molar-refractivity contribution in [2.75, 3.05) is 0 Å². The first-order chi connectivity index (χ1) is 10.7. The summed E-state index contributed by atoms with van der Waals surface area (Å²) in [6.45, 7) is 0.283. The Bertz CT molecular complexity index is 497. The summed E-state index contributed by atoms with van der Waals surface area (Å²) in [4.78, 5) is 16.5. The molecule has 6 nitrogen and oxygen atoms in total. The molecule has 2 fully saturated rings. The van der Waals surface area contributed by atoms with Gasteiger partial charge in [-0.25, -0.2) is 0 Å². The van der Waals surface area contributed by atoms with Gasteiger partial charge in [0.15, 0.2) is 5.82 Å². The first-order valence-corrected chi connectivity index (χ1v) is 8.50. The van der Waals surface area contributed by atoms with E-state index in [-0.39, 0.29) is 24.5 Å². The minimum absolute atomic E-state index is 0.0174. The average molecular weight is 307 g/mol. The normalized spacial score (nSPS) is 26.8. The third kappa shape index (κ3) is 3.85. The largest absolute Gasteiger partial charge is 0.393 e. The summed E-state index contributed by atoms with van der Waals surface area (Å²) in [6, 6.07) is 0. The molecule has 2 atom stereocenters. The Kier molecular flexibility index (Phi) is 5.08. The molecule has 122 valence electrons. The van der Waals surface area contributed by atoms with Crippen LogP contribution >= 0.6 is 0 Å². The quantitative estimate of drug-likeness (QED) is 0.891. The second-order valence-corrected chi connectivity index (χ2v) is 6.62. The Hall–Kier alpha value is -1.43. The van der Waals surface area contributed by atoms with Crippen LogP contribution < -0.4 is 5.32 Å². The molecule has 0 radical (unpaired) electrons. The highest BCUT2D eigenvalue weighted by molar-refractivity contribution is 5.78. The van der Waals surface area contributed by atoms with E-state index < -0.39 is 0 Å². The van der Waals surface area contributed by atoms with Crippen molar-refractivity contribution >= 4 is 5.91 Å². The Morgan fingerprint density at radius 2 is 2.00 bits per heavy atom. The molecule has 2 aliphatic rings. The number of nitrogens with zero attached hydrogens (tertiary/aromatic N) is 2. The molecule has 0 saturated heterocycles. The van der Waals surface area contributed by atoms with Gasteiger partial charge in [-0.05, 0) is 32.1 Å². The zero-order chi connectivity index (χ0) is 15.4. The zero-order valence-corrected chi connectivity index (χ0v) is 13.0. The van der Waals surface area contributed by atoms with E-state index in [2.05, 4.69) is 15.5 Å². The standard InChI is InChI=1S/C16H25N3O3/c20-13-8-4-7-12(9-13)16(21)17-10-14-18-15(19-22-14)11-5-2-1-3-6-11/h11-13,20H,1-10H2,(H,17,21)/t12-,13+/m0/s1. The minimum Gasteiger partial charge on any atom is -0.393 e. The lowest BCUT2D eigenvalue weighted by Crippen LogP contribution is -2.34. The molecule has 1 aromatic heterocycles. The second-order valence-electron chi connectivity index (χ2n) is 6.62. The van der Waals surface area contributed by atoms with Gasteiger partial charge in [-0.15, -0.1) is 0 Å². The van der Waals surface area contributed by atoms with E-state index >= 15 is 0 Å². The number of hydrogen-bond acceptors (Lipinski definition) is 5. The molecule has 0 bridgehead atoms. The van der Waals surface area contributed by atoms with Gasteiger partial charge >= 0.3 is 0 Å². The lowest BCUT2D eigenvalue weighted by atomic mass is 9.87. The van der Waals surface area contributed by atoms with Crippen LogP contribution in [0.5, 0.6) is 0 Å². The summed E-state index contributed by atoms with van der Waals surface area (Å²) < 4.78 is 5.25. The van der Waals surface area contributed by atoms with Crippen molar-refractivity contribution in [1.82, 2.24) is 15.5 Å². The Morgan fingerprint density at radius 1 is 1.18 bits per heavy atom. The number of hydrogen-bond donors (Lipinski definition) is 2. The van der Waals surface area contributed by atoms with Gasteiger partial charge in [0, 0.05) is 11.8 Å². The van der Waals surface area contributed by atoms with Gasteiger partial charge in [-0.2, -0.15) is 4.98 Å². The molecular weight excluding hydrogens is 282 g/mol. The predicted octanol–water partition coefficient (Wildman–Crippen LogP) is 2.28. The Morgan fingerprint density at radius 3 is 2.77 bits per heavy atom. The molecule has 2 saturated carbocycles. The van der Waals surface area contributed by atoms with E-state index in [4.69, 9.17) is 4.52 Å². The summed E-state index contributed by atoms with van der Waals surface area (Å²) in [6.07, 6.45) is 8.80. The molecule has 0 aliphatic heterocycles. The highest BCUT2D eigenvalue weighted by Gasteiger charge is 2.26. The maximum atomic E-state index is 12.1. The van der Waals surface area contributed by atoms with Crippen LogP contribution in [0.1, 0.15) is 75.4 Å². The Labute approximate surface area is 130 Å². The monoisotopic (exact) mass is 307 g/mol. The van der Waals surface area contributed by atoms with E-state index in [1.807, 2.05) is 0 Å². The van der Waals surface area contributed by atoms with Crippen molar-refractivity contribution in [3.05, 3.63) is 11.7 Å². The van der Waals surface area contributed by atoms with Gasteiger partial charge in [0.05, 0.1) is 12.6 Å². The van der Waals surface area contributed by atoms with Crippen LogP contribution in [-0.4, -0.2) is 27.3 Å². The summed E-state index contributed by atoms with van der Waals surface area (Å²) in [5, 5.41) is 16.6. The summed E-state index contributed by atoms with van der Waals surface area (Å²) in [5.74, 6) is 1.57. The van der Waals surface area contributed by atoms with Crippen LogP contribution in [0.3, 0.4) is 0 Å². The molecule has 3 rings (SSSR count). The topological polar surface area (TPSA) is 88.3 Å². The molecule has 6 heteroatoms. The Balaban J connectivity index is 1.49. The van der Waals surface area contributed by atoms with Gasteiger partial charge < -0.3 is 14.9 Å². The molecule has 0 unspecified atom stereocenters. The maximum Gasteiger partial charge on any atom is 0.246 e. The van der Waals surface area contributed by atoms with E-state index in [1.54, 1.807) is 0 Å². The van der Waals surface area contributed by atoms with Crippen LogP contribution in [0.15, 0.2) is 4.52 Å². The number of carbonyl (C=O) groups is 1. The SMILES string of the molecule is O=C(NCc1nc(C2CCCCC2)no1)[C@H]1CCC[C@@H](O)C1. The maximum absolute atomic E-state index is 12.1. The van der Waals surface area contributed by atoms with Crippen molar-refractivity contribution in [3.63, 3.8) is 0 Å². The number of carbonyl (C=O) groups excluding carboxylic acids is 1. The fourth-order valence-electron chi connectivity index (χ4n) is 3.58. The molecule has 22 heavy (non-hydrogen) atoms. The number of rotatable bonds is 4. The molecule has 0 spiro atoms. The summed E-state index contributed by atoms with van der Waals surface area (Å²) in [7, 11) is 0. The van der Waals surface area contributed by atoms with E-state index in [1.165, 1.54) is 19.3 Å². The van der Waals surface area contributed by atoms with Crippen LogP contribution in [-0.2, 0) is 11.3 Å². The van der Waals surface area contributed by atoms with Crippen molar-refractivity contribution in [1.29, 1.82) is 0 Å². The van der Waals surface area contributed by atoms with Crippen LogP contribution in [0, 0.1) is 5.92 Å². The zero-order valence-electron chi connectivity index (χ0n) is 13.0. The number of nitrogens with one attached hydrogen (secondary N) is 1. The van der Waals surface area contributed by atoms with Gasteiger partial charge in [-0.1, -0.05) is 30.8 Å². The van der Waals surface area contributed by atoms with Crippen molar-refractivity contribution in [3.8, 4) is 0 Å². The van der Waals surface area contributed by atoms with E-state index in [0.29, 0.717) is 18.2 Å². The lowest BCUT2D eigenvalue weighted by Gasteiger charge is -2.24. The molecule has 1 heterocycles. The molecule has 0 aromatic carbocycles. The third-order valence-corrected chi connectivity index (χ3v) is 4.89. The highest BCUT2D eigenvalue weighted by atomic mass is 16.5. The number of aromatic nitrogens is 2. The highest BCUT2D eigenvalue weighted by Crippen LogP contribution is 2.30. The average Bonchev–Trinajstić information content (AvgIpc) is 3.02. The fraction of sp³-hybridized carbons (Fsp3) is 0.812. The van der Waals surface area contributed by atoms with Gasteiger partial charge in [-0.3, -0.25) is 4.79 Å². The van der Waals surface area contributed by atoms with Crippen LogP contribution in [0.25, 0.3) is 0 Å². The van der Waals surface area contributed by atoms with E-state index in [0.717, 1.165) is 37.9 Å². The van der Waals surface area contributed by atoms with E-state index in [9.17, 15) is 9.90 Å². The number of aliphatic hydroxyl groups excluding tert-OH is 1. The van der Waals surface area contributed by atoms with Crippen LogP contribution in [0.2, 0.25) is 0 Å². The third-order valence-electron chi connectivity index (χ3n) is 4.89. The molecular formula is C16H25N3O3. The first kappa shape index (κ1) is 15.5. The smallest absolute Gasteiger partial charge is 0.246 e. The van der Waals surface area contributed by atoms with Crippen molar-refractivity contribution in [2.45, 2.75) is 76.4 Å². The molecule has 1 amide bonds.